The molecule has 1 aromatic carbocycles. The number of hydrogen-bond donors (Lipinski definition) is 3. The van der Waals surface area contributed by atoms with Gasteiger partial charge in [-0.3, -0.25) is 4.79 Å². The number of fused-ring (bicyclic) bond motifs is 1. The Balaban J connectivity index is 1.72. The van der Waals surface area contributed by atoms with Gasteiger partial charge in [0.05, 0.1) is 52.4 Å². The molecular weight excluding hydrogens is 430 g/mol. The predicted molar refractivity (Wildman–Crippen MR) is 133 cm³/mol. The number of amides is 1. The number of aryl methyl sites for hydroxylation is 2. The number of anilines is 1. The molecule has 0 spiro atoms. The number of imidazole rings is 1. The number of likely N-dealkylation sites (N-methyl/N-ethyl adjacent to an activating group) is 1. The van der Waals surface area contributed by atoms with Gasteiger partial charge in [-0.15, -0.1) is 0 Å². The quantitative estimate of drug-likeness (QED) is 0.348. The second kappa shape index (κ2) is 9.88. The summed E-state index contributed by atoms with van der Waals surface area (Å²) in [5.74, 6) is -0.0983. The lowest BCUT2D eigenvalue weighted by atomic mass is 10.0. The molecule has 34 heavy (non-hydrogen) atoms. The normalized spacial score (nSPS) is 11.1. The van der Waals surface area contributed by atoms with Gasteiger partial charge in [0, 0.05) is 38.8 Å². The fraction of sp³-hybridized carbons (Fsp3) is 0.280. The average Bonchev–Trinajstić information content (AvgIpc) is 3.23. The van der Waals surface area contributed by atoms with E-state index in [4.69, 9.17) is 9.97 Å². The second-order valence-corrected chi connectivity index (χ2v) is 8.27. The molecule has 0 aliphatic rings. The standard InChI is InChI=1S/C25H29N7O2/c1-16-21(28-10-9-26-2)7-8-23(29-16)24-12-20(19-11-18(33)5-6-22(19)30-24)25(34)31(3)14-17-13-27-15-32(17)4/h5-8,11-13,15,26,28,33H,9-10,14H2,1-4H3. The van der Waals surface area contributed by atoms with E-state index in [0.717, 1.165) is 30.2 Å². The molecule has 9 nitrogen and oxygen atoms in total. The Morgan fingerprint density at radius 3 is 2.65 bits per heavy atom. The maximum absolute atomic E-state index is 13.5. The van der Waals surface area contributed by atoms with Gasteiger partial charge in [-0.25, -0.2) is 15.0 Å². The number of carbonyl (C=O) groups is 1. The second-order valence-electron chi connectivity index (χ2n) is 8.27. The van der Waals surface area contributed by atoms with E-state index in [0.29, 0.717) is 34.4 Å². The third-order valence-corrected chi connectivity index (χ3v) is 5.72. The van der Waals surface area contributed by atoms with Gasteiger partial charge in [-0.05, 0) is 50.4 Å². The number of nitrogens with one attached hydrogen (secondary N) is 2. The highest BCUT2D eigenvalue weighted by molar-refractivity contribution is 6.07. The Bertz CT molecular complexity index is 1330. The molecule has 176 valence electrons. The SMILES string of the molecule is CNCCNc1ccc(-c2cc(C(=O)N(C)Cc3cncn3C)c3cc(O)ccc3n2)nc1C. The minimum atomic E-state index is -0.178. The maximum Gasteiger partial charge on any atom is 0.254 e. The summed E-state index contributed by atoms with van der Waals surface area (Å²) in [7, 11) is 5.55. The lowest BCUT2D eigenvalue weighted by molar-refractivity contribution is 0.0784. The smallest absolute Gasteiger partial charge is 0.254 e. The van der Waals surface area contributed by atoms with Crippen LogP contribution < -0.4 is 10.6 Å². The lowest BCUT2D eigenvalue weighted by Gasteiger charge is -2.19. The molecule has 3 heterocycles. The van der Waals surface area contributed by atoms with Crippen molar-refractivity contribution < 1.29 is 9.90 Å². The molecule has 3 aromatic heterocycles. The van der Waals surface area contributed by atoms with Gasteiger partial charge >= 0.3 is 0 Å². The van der Waals surface area contributed by atoms with Crippen LogP contribution in [0.1, 0.15) is 21.7 Å². The van der Waals surface area contributed by atoms with Gasteiger partial charge in [0.1, 0.15) is 5.75 Å². The Morgan fingerprint density at radius 1 is 1.12 bits per heavy atom. The summed E-state index contributed by atoms with van der Waals surface area (Å²) >= 11 is 0. The van der Waals surface area contributed by atoms with Crippen molar-refractivity contribution >= 4 is 22.5 Å². The van der Waals surface area contributed by atoms with Crippen LogP contribution in [0.4, 0.5) is 5.69 Å². The molecule has 0 fully saturated rings. The number of phenolic OH excluding ortho intramolecular Hbond substituents is 1. The molecule has 0 atom stereocenters. The molecule has 0 saturated heterocycles. The van der Waals surface area contributed by atoms with Crippen LogP contribution in [0.25, 0.3) is 22.3 Å². The van der Waals surface area contributed by atoms with E-state index in [2.05, 4.69) is 15.6 Å². The maximum atomic E-state index is 13.5. The Labute approximate surface area is 198 Å². The van der Waals surface area contributed by atoms with Crippen molar-refractivity contribution in [1.29, 1.82) is 0 Å². The van der Waals surface area contributed by atoms with E-state index in [-0.39, 0.29) is 11.7 Å². The summed E-state index contributed by atoms with van der Waals surface area (Å²) < 4.78 is 1.88. The Kier molecular flexibility index (Phi) is 6.74. The molecule has 0 aliphatic carbocycles. The number of hydrogen-bond acceptors (Lipinski definition) is 7. The van der Waals surface area contributed by atoms with Crippen LogP contribution in [0, 0.1) is 6.92 Å². The van der Waals surface area contributed by atoms with Crippen molar-refractivity contribution in [3.05, 3.63) is 65.9 Å². The first-order chi connectivity index (χ1) is 16.4. The Morgan fingerprint density at radius 2 is 1.94 bits per heavy atom. The van der Waals surface area contributed by atoms with Crippen LogP contribution in [0.2, 0.25) is 0 Å². The molecule has 9 heteroatoms. The number of rotatable bonds is 8. The molecular formula is C25H29N7O2. The van der Waals surface area contributed by atoms with Crippen molar-refractivity contribution in [2.24, 2.45) is 7.05 Å². The number of aromatic nitrogens is 4. The predicted octanol–water partition coefficient (Wildman–Crippen LogP) is 2.95. The molecule has 4 aromatic rings. The fourth-order valence-electron chi connectivity index (χ4n) is 3.79. The number of phenols is 1. The highest BCUT2D eigenvalue weighted by atomic mass is 16.3. The third-order valence-electron chi connectivity index (χ3n) is 5.72. The number of nitrogens with zero attached hydrogens (tertiary/aromatic N) is 5. The summed E-state index contributed by atoms with van der Waals surface area (Å²) in [6, 6.07) is 10.5. The van der Waals surface area contributed by atoms with E-state index in [9.17, 15) is 9.90 Å². The molecule has 0 unspecified atom stereocenters. The average molecular weight is 460 g/mol. The van der Waals surface area contributed by atoms with Gasteiger partial charge in [-0.1, -0.05) is 0 Å². The van der Waals surface area contributed by atoms with Crippen molar-refractivity contribution in [2.45, 2.75) is 13.5 Å². The largest absolute Gasteiger partial charge is 0.508 e. The number of carbonyl (C=O) groups excluding carboxylic acids is 1. The first-order valence-electron chi connectivity index (χ1n) is 11.1. The summed E-state index contributed by atoms with van der Waals surface area (Å²) in [5, 5.41) is 17.1. The zero-order valence-electron chi connectivity index (χ0n) is 19.8. The zero-order valence-corrected chi connectivity index (χ0v) is 19.8. The summed E-state index contributed by atoms with van der Waals surface area (Å²) in [4.78, 5) is 28.7. The van der Waals surface area contributed by atoms with Crippen LogP contribution in [0.3, 0.4) is 0 Å². The summed E-state index contributed by atoms with van der Waals surface area (Å²) in [6.45, 7) is 3.98. The summed E-state index contributed by atoms with van der Waals surface area (Å²) in [6.07, 6.45) is 3.45. The number of pyridine rings is 2. The van der Waals surface area contributed by atoms with Crippen molar-refractivity contribution in [3.63, 3.8) is 0 Å². The molecule has 1 amide bonds. The lowest BCUT2D eigenvalue weighted by Crippen LogP contribution is -2.27. The van der Waals surface area contributed by atoms with E-state index in [1.54, 1.807) is 48.7 Å². The van der Waals surface area contributed by atoms with Crippen LogP contribution in [-0.2, 0) is 13.6 Å². The molecule has 3 N–H and O–H groups in total. The van der Waals surface area contributed by atoms with Crippen molar-refractivity contribution in [1.82, 2.24) is 29.7 Å². The van der Waals surface area contributed by atoms with Crippen LogP contribution in [0.15, 0.2) is 48.9 Å². The van der Waals surface area contributed by atoms with Crippen LogP contribution in [-0.4, -0.2) is 62.6 Å². The highest BCUT2D eigenvalue weighted by Gasteiger charge is 2.20. The van der Waals surface area contributed by atoms with Crippen LogP contribution in [0.5, 0.6) is 5.75 Å². The molecule has 0 aliphatic heterocycles. The number of aromatic hydroxyl groups is 1. The van der Waals surface area contributed by atoms with Gasteiger partial charge in [0.2, 0.25) is 0 Å². The minimum Gasteiger partial charge on any atom is -0.508 e. The first-order valence-corrected chi connectivity index (χ1v) is 11.1. The van der Waals surface area contributed by atoms with Gasteiger partial charge in [0.25, 0.3) is 5.91 Å². The summed E-state index contributed by atoms with van der Waals surface area (Å²) in [5.41, 5.74) is 5.06. The fourth-order valence-corrected chi connectivity index (χ4v) is 3.79. The monoisotopic (exact) mass is 459 g/mol. The molecule has 0 bridgehead atoms. The van der Waals surface area contributed by atoms with E-state index in [1.165, 1.54) is 0 Å². The molecule has 4 rings (SSSR count). The Hall–Kier alpha value is -3.98. The van der Waals surface area contributed by atoms with Gasteiger partial charge in [0.15, 0.2) is 0 Å². The topological polar surface area (TPSA) is 108 Å². The van der Waals surface area contributed by atoms with Gasteiger partial charge < -0.3 is 25.2 Å². The highest BCUT2D eigenvalue weighted by Crippen LogP contribution is 2.29. The van der Waals surface area contributed by atoms with E-state index in [1.807, 2.05) is 37.7 Å². The first kappa shape index (κ1) is 23.2. The van der Waals surface area contributed by atoms with Crippen molar-refractivity contribution in [2.75, 3.05) is 32.5 Å². The van der Waals surface area contributed by atoms with Crippen molar-refractivity contribution in [3.8, 4) is 17.1 Å². The van der Waals surface area contributed by atoms with Crippen LogP contribution >= 0.6 is 0 Å². The van der Waals surface area contributed by atoms with Gasteiger partial charge in [-0.2, -0.15) is 0 Å². The third kappa shape index (κ3) is 4.84. The molecule has 0 radical (unpaired) electrons. The van der Waals surface area contributed by atoms with E-state index >= 15 is 0 Å². The number of benzene rings is 1. The zero-order chi connectivity index (χ0) is 24.2. The minimum absolute atomic E-state index is 0.0800. The molecule has 0 saturated carbocycles. The van der Waals surface area contributed by atoms with E-state index < -0.39 is 0 Å².